The van der Waals surface area contributed by atoms with Crippen LogP contribution in [0.2, 0.25) is 0 Å². The molecule has 0 atom stereocenters. The highest BCUT2D eigenvalue weighted by molar-refractivity contribution is 5.32. The van der Waals surface area contributed by atoms with Crippen molar-refractivity contribution in [2.45, 2.75) is 125 Å². The number of hydrogen-bond acceptors (Lipinski definition) is 0. The first-order chi connectivity index (χ1) is 22.8. The highest BCUT2D eigenvalue weighted by Gasteiger charge is 1.92. The molecule has 5 aromatic rings. The van der Waals surface area contributed by atoms with Crippen LogP contribution in [0, 0.1) is 95.2 Å². The van der Waals surface area contributed by atoms with Crippen molar-refractivity contribution in [3.8, 4) is 0 Å². The zero-order valence-corrected chi connectivity index (χ0v) is 34.2. The lowest BCUT2D eigenvalue weighted by Crippen LogP contribution is -1.82. The molecule has 0 fully saturated rings. The SMILES string of the molecule is CC.CC.CC.Cc1cc#ccc1C.Cc1ccc(C)c(C)c1.Cc1cccc(C)c1C.Cc1ccccc1C.Cc1ccccc1C. The minimum absolute atomic E-state index is 1.28. The number of hydrogen-bond donors (Lipinski definition) is 0. The van der Waals surface area contributed by atoms with Gasteiger partial charge in [0.05, 0.1) is 0 Å². The molecule has 0 N–H and O–H groups in total. The summed E-state index contributed by atoms with van der Waals surface area (Å²) >= 11 is 0. The fourth-order valence-corrected chi connectivity index (χ4v) is 3.64. The molecule has 0 amide bonds. The van der Waals surface area contributed by atoms with Crippen molar-refractivity contribution >= 4 is 0 Å². The summed E-state index contributed by atoms with van der Waals surface area (Å²) in [6.45, 7) is 37.5. The zero-order valence-electron chi connectivity index (χ0n) is 34.2. The van der Waals surface area contributed by atoms with Gasteiger partial charge in [0.1, 0.15) is 0 Å². The number of rotatable bonds is 0. The van der Waals surface area contributed by atoms with Crippen LogP contribution in [0.4, 0.5) is 0 Å². The van der Waals surface area contributed by atoms with E-state index in [0.29, 0.717) is 0 Å². The molecule has 0 aliphatic heterocycles. The van der Waals surface area contributed by atoms with Gasteiger partial charge in [0.15, 0.2) is 0 Å². The van der Waals surface area contributed by atoms with Crippen molar-refractivity contribution in [1.29, 1.82) is 0 Å². The Kier molecular flexibility index (Phi) is 30.5. The van der Waals surface area contributed by atoms with E-state index in [-0.39, 0.29) is 0 Å². The largest absolute Gasteiger partial charge is 0.0699 e. The maximum absolute atomic E-state index is 2.88. The Balaban J connectivity index is -0.000000507. The van der Waals surface area contributed by atoms with Gasteiger partial charge in [-0.15, -0.1) is 0 Å². The molecule has 0 bridgehead atoms. The Bertz CT molecular complexity index is 1300. The van der Waals surface area contributed by atoms with E-state index in [1.54, 1.807) is 0 Å². The van der Waals surface area contributed by atoms with Crippen LogP contribution >= 0.6 is 0 Å². The molecule has 5 rings (SSSR count). The highest BCUT2D eigenvalue weighted by Crippen LogP contribution is 2.10. The fraction of sp³-hybridized carbons (Fsp3) is 0.375. The lowest BCUT2D eigenvalue weighted by Gasteiger charge is -2.00. The van der Waals surface area contributed by atoms with E-state index in [9.17, 15) is 0 Å². The Morgan fingerprint density at radius 1 is 0.292 bits per heavy atom. The van der Waals surface area contributed by atoms with Crippen molar-refractivity contribution in [3.63, 3.8) is 0 Å². The number of aryl methyl sites for hydroxylation is 11. The van der Waals surface area contributed by atoms with E-state index in [2.05, 4.69) is 180 Å². The van der Waals surface area contributed by atoms with Crippen LogP contribution in [0.1, 0.15) is 108 Å². The third-order valence-electron chi connectivity index (χ3n) is 7.67. The maximum Gasteiger partial charge on any atom is -0.00832 e. The Labute approximate surface area is 299 Å². The summed E-state index contributed by atoms with van der Waals surface area (Å²) in [6, 6.07) is 39.2. The second-order valence-corrected chi connectivity index (χ2v) is 11.2. The van der Waals surface area contributed by atoms with Gasteiger partial charge in [-0.05, 0) is 156 Å². The highest BCUT2D eigenvalue weighted by atomic mass is 14.0. The summed E-state index contributed by atoms with van der Waals surface area (Å²) < 4.78 is 0. The molecule has 5 aromatic carbocycles. The van der Waals surface area contributed by atoms with Gasteiger partial charge in [0.2, 0.25) is 0 Å². The monoisotopic (exact) mass is 647 g/mol. The normalized spacial score (nSPS) is 8.46. The molecule has 0 aromatic heterocycles. The molecule has 0 radical (unpaired) electrons. The van der Waals surface area contributed by atoms with E-state index >= 15 is 0 Å². The lowest BCUT2D eigenvalue weighted by atomic mass is 10.1. The molecule has 0 heterocycles. The van der Waals surface area contributed by atoms with Crippen LogP contribution in [-0.2, 0) is 0 Å². The standard InChI is InChI=1S/2C9H12.2C8H10.C8H8.3C2H6/c1-7-4-5-8(2)9(3)6-7;1-7-5-4-6-8(2)9(7)3;3*1-7-5-3-4-6-8(7)2;3*1-2/h2*4-6H,1-3H3;2*3-6H,1-2H3;5-6H,1-2H3;3*1-2H3. The summed E-state index contributed by atoms with van der Waals surface area (Å²) in [5, 5.41) is 0. The Morgan fingerprint density at radius 3 is 0.812 bits per heavy atom. The van der Waals surface area contributed by atoms with Crippen LogP contribution in [0.5, 0.6) is 0 Å². The van der Waals surface area contributed by atoms with Crippen LogP contribution in [-0.4, -0.2) is 0 Å². The molecule has 0 heteroatoms. The molecule has 262 valence electrons. The molecule has 0 nitrogen and oxygen atoms in total. The summed E-state index contributed by atoms with van der Waals surface area (Å²) in [6.07, 6.45) is 0. The lowest BCUT2D eigenvalue weighted by molar-refractivity contribution is 1.27. The predicted octanol–water partition coefficient (Wildman–Crippen LogP) is 14.8. The average Bonchev–Trinajstić information content (AvgIpc) is 3.10. The van der Waals surface area contributed by atoms with Crippen LogP contribution in [0.25, 0.3) is 0 Å². The van der Waals surface area contributed by atoms with Crippen LogP contribution in [0.15, 0.2) is 97.1 Å². The van der Waals surface area contributed by atoms with E-state index in [1.807, 2.05) is 53.7 Å². The van der Waals surface area contributed by atoms with Crippen molar-refractivity contribution in [2.75, 3.05) is 0 Å². The van der Waals surface area contributed by atoms with Gasteiger partial charge in [-0.3, -0.25) is 0 Å². The van der Waals surface area contributed by atoms with Gasteiger partial charge in [-0.2, -0.15) is 0 Å². The molecular formula is C48H70. The van der Waals surface area contributed by atoms with Crippen molar-refractivity contribution in [2.24, 2.45) is 0 Å². The van der Waals surface area contributed by atoms with Crippen molar-refractivity contribution in [3.05, 3.63) is 176 Å². The minimum atomic E-state index is 1.28. The van der Waals surface area contributed by atoms with E-state index in [1.165, 1.54) is 66.8 Å². The summed E-state index contributed by atoms with van der Waals surface area (Å²) in [7, 11) is 0. The van der Waals surface area contributed by atoms with Crippen LogP contribution in [0.3, 0.4) is 0 Å². The van der Waals surface area contributed by atoms with Crippen molar-refractivity contribution < 1.29 is 0 Å². The first-order valence-corrected chi connectivity index (χ1v) is 17.8. The first-order valence-electron chi connectivity index (χ1n) is 17.8. The first kappa shape index (κ1) is 48.3. The smallest absolute Gasteiger partial charge is 0.00832 e. The summed E-state index contributed by atoms with van der Waals surface area (Å²) in [4.78, 5) is 0. The molecule has 0 saturated heterocycles. The topological polar surface area (TPSA) is 0 Å². The second kappa shape index (κ2) is 30.3. The third kappa shape index (κ3) is 22.4. The maximum atomic E-state index is 2.88. The number of benzene rings is 4. The van der Waals surface area contributed by atoms with Gasteiger partial charge in [-0.1, -0.05) is 144 Å². The van der Waals surface area contributed by atoms with Crippen LogP contribution < -0.4 is 0 Å². The van der Waals surface area contributed by atoms with E-state index in [0.717, 1.165) is 0 Å². The van der Waals surface area contributed by atoms with Gasteiger partial charge in [0, 0.05) is 0 Å². The van der Waals surface area contributed by atoms with Crippen molar-refractivity contribution in [1.82, 2.24) is 0 Å². The van der Waals surface area contributed by atoms with E-state index in [4.69, 9.17) is 0 Å². The molecule has 0 aliphatic carbocycles. The summed E-state index contributed by atoms with van der Waals surface area (Å²) in [5.41, 5.74) is 16.3. The van der Waals surface area contributed by atoms with Gasteiger partial charge < -0.3 is 0 Å². The average molecular weight is 647 g/mol. The van der Waals surface area contributed by atoms with Gasteiger partial charge >= 0.3 is 0 Å². The second-order valence-electron chi connectivity index (χ2n) is 11.2. The predicted molar refractivity (Wildman–Crippen MR) is 221 cm³/mol. The van der Waals surface area contributed by atoms with E-state index < -0.39 is 0 Å². The van der Waals surface area contributed by atoms with Gasteiger partial charge in [-0.25, -0.2) is 0 Å². The summed E-state index contributed by atoms with van der Waals surface area (Å²) in [5.74, 6) is 0. The Morgan fingerprint density at radius 2 is 0.583 bits per heavy atom. The Hall–Kier alpha value is -4.08. The molecule has 48 heavy (non-hydrogen) atoms. The minimum Gasteiger partial charge on any atom is -0.0699 e. The zero-order chi connectivity index (χ0) is 37.7. The molecule has 0 saturated carbocycles. The van der Waals surface area contributed by atoms with Gasteiger partial charge in [0.25, 0.3) is 0 Å². The molecule has 0 spiro atoms. The fourth-order valence-electron chi connectivity index (χ4n) is 3.64. The molecular weight excluding hydrogens is 577 g/mol. The molecule has 0 aliphatic rings. The molecule has 0 unspecified atom stereocenters. The quantitative estimate of drug-likeness (QED) is 0.157. The third-order valence-corrected chi connectivity index (χ3v) is 7.67.